The van der Waals surface area contributed by atoms with Crippen LogP contribution in [-0.4, -0.2) is 10.8 Å². The van der Waals surface area contributed by atoms with Crippen LogP contribution in [0.5, 0.6) is 0 Å². The van der Waals surface area contributed by atoms with Crippen LogP contribution in [0.4, 0.5) is 0 Å². The maximum absolute atomic E-state index is 11.4. The van der Waals surface area contributed by atoms with Crippen LogP contribution in [0, 0.1) is 0 Å². The lowest BCUT2D eigenvalue weighted by molar-refractivity contribution is 0.0988. The van der Waals surface area contributed by atoms with Crippen LogP contribution in [-0.2, 0) is 0 Å². The van der Waals surface area contributed by atoms with E-state index in [0.717, 1.165) is 16.5 Å². The monoisotopic (exact) mass is 173 g/mol. The number of aromatic amines is 1. The van der Waals surface area contributed by atoms with E-state index >= 15 is 0 Å². The van der Waals surface area contributed by atoms with Crippen LogP contribution in [0.25, 0.3) is 10.9 Å². The zero-order valence-electron chi connectivity index (χ0n) is 7.50. The van der Waals surface area contributed by atoms with Gasteiger partial charge in [-0.05, 0) is 24.3 Å². The zero-order valence-corrected chi connectivity index (χ0v) is 7.50. The van der Waals surface area contributed by atoms with Crippen molar-refractivity contribution in [3.63, 3.8) is 0 Å². The number of ketones is 1. The Kier molecular flexibility index (Phi) is 1.89. The van der Waals surface area contributed by atoms with Gasteiger partial charge in [0.05, 0.1) is 0 Å². The van der Waals surface area contributed by atoms with Gasteiger partial charge < -0.3 is 4.98 Å². The molecule has 2 aromatic rings. The number of carbonyl (C=O) groups is 1. The summed E-state index contributed by atoms with van der Waals surface area (Å²) in [5, 5.41) is 1.10. The molecule has 0 spiro atoms. The molecule has 1 aromatic heterocycles. The SMILES string of the molecule is CCC(=O)c1ccc2[nH]ccc2c1. The summed E-state index contributed by atoms with van der Waals surface area (Å²) in [6, 6.07) is 7.71. The van der Waals surface area contributed by atoms with Gasteiger partial charge in [0.2, 0.25) is 0 Å². The molecule has 0 amide bonds. The first-order valence-corrected chi connectivity index (χ1v) is 4.41. The number of rotatable bonds is 2. The number of aromatic nitrogens is 1. The van der Waals surface area contributed by atoms with Crippen LogP contribution < -0.4 is 0 Å². The van der Waals surface area contributed by atoms with Gasteiger partial charge in [0, 0.05) is 29.1 Å². The maximum Gasteiger partial charge on any atom is 0.162 e. The minimum Gasteiger partial charge on any atom is -0.361 e. The Balaban J connectivity index is 2.54. The fraction of sp³-hybridized carbons (Fsp3) is 0.182. The highest BCUT2D eigenvalue weighted by molar-refractivity contribution is 5.99. The van der Waals surface area contributed by atoms with Gasteiger partial charge in [0.1, 0.15) is 0 Å². The van der Waals surface area contributed by atoms with Gasteiger partial charge in [0.25, 0.3) is 0 Å². The third kappa shape index (κ3) is 1.35. The smallest absolute Gasteiger partial charge is 0.162 e. The van der Waals surface area contributed by atoms with E-state index in [4.69, 9.17) is 0 Å². The second-order valence-corrected chi connectivity index (χ2v) is 3.06. The number of H-pyrrole nitrogens is 1. The van der Waals surface area contributed by atoms with Crippen molar-refractivity contribution in [3.05, 3.63) is 36.0 Å². The molecule has 0 unspecified atom stereocenters. The van der Waals surface area contributed by atoms with Gasteiger partial charge in [-0.1, -0.05) is 6.92 Å². The molecule has 2 nitrogen and oxygen atoms in total. The molecule has 0 saturated heterocycles. The number of nitrogens with one attached hydrogen (secondary N) is 1. The quantitative estimate of drug-likeness (QED) is 0.696. The minimum atomic E-state index is 0.197. The van der Waals surface area contributed by atoms with Crippen LogP contribution in [0.15, 0.2) is 30.5 Å². The topological polar surface area (TPSA) is 32.9 Å². The van der Waals surface area contributed by atoms with Crippen molar-refractivity contribution in [3.8, 4) is 0 Å². The van der Waals surface area contributed by atoms with Crippen LogP contribution >= 0.6 is 0 Å². The molecule has 1 heterocycles. The first kappa shape index (κ1) is 8.05. The predicted octanol–water partition coefficient (Wildman–Crippen LogP) is 2.76. The first-order valence-electron chi connectivity index (χ1n) is 4.41. The second-order valence-electron chi connectivity index (χ2n) is 3.06. The van der Waals surface area contributed by atoms with Gasteiger partial charge in [-0.2, -0.15) is 0 Å². The number of Topliss-reactive ketones (excluding diaryl/α,β-unsaturated/α-hetero) is 1. The highest BCUT2D eigenvalue weighted by Gasteiger charge is 2.03. The van der Waals surface area contributed by atoms with Crippen molar-refractivity contribution in [1.82, 2.24) is 4.98 Å². The molecule has 0 aliphatic heterocycles. The Labute approximate surface area is 76.6 Å². The molecular weight excluding hydrogens is 162 g/mol. The van der Waals surface area contributed by atoms with Gasteiger partial charge in [-0.25, -0.2) is 0 Å². The molecule has 0 radical (unpaired) electrons. The Morgan fingerprint density at radius 1 is 1.38 bits per heavy atom. The molecule has 0 bridgehead atoms. The minimum absolute atomic E-state index is 0.197. The number of carbonyl (C=O) groups excluding carboxylic acids is 1. The summed E-state index contributed by atoms with van der Waals surface area (Å²) >= 11 is 0. The molecule has 2 heteroatoms. The number of fused-ring (bicyclic) bond motifs is 1. The van der Waals surface area contributed by atoms with E-state index in [1.54, 1.807) is 0 Å². The molecular formula is C11H11NO. The average Bonchev–Trinajstić information content (AvgIpc) is 2.63. The summed E-state index contributed by atoms with van der Waals surface area (Å²) in [6.07, 6.45) is 2.45. The van der Waals surface area contributed by atoms with E-state index in [0.29, 0.717) is 6.42 Å². The molecule has 0 aliphatic rings. The lowest BCUT2D eigenvalue weighted by atomic mass is 10.1. The van der Waals surface area contributed by atoms with E-state index in [1.807, 2.05) is 37.4 Å². The van der Waals surface area contributed by atoms with Crippen LogP contribution in [0.2, 0.25) is 0 Å². The Bertz CT molecular complexity index is 442. The maximum atomic E-state index is 11.4. The van der Waals surface area contributed by atoms with E-state index in [1.165, 1.54) is 0 Å². The number of benzene rings is 1. The third-order valence-corrected chi connectivity index (χ3v) is 2.20. The lowest BCUT2D eigenvalue weighted by Gasteiger charge is -1.97. The molecule has 0 aliphatic carbocycles. The summed E-state index contributed by atoms with van der Waals surface area (Å²) in [6.45, 7) is 1.88. The largest absolute Gasteiger partial charge is 0.361 e. The van der Waals surface area contributed by atoms with Gasteiger partial charge >= 0.3 is 0 Å². The van der Waals surface area contributed by atoms with Crippen molar-refractivity contribution in [2.24, 2.45) is 0 Å². The fourth-order valence-corrected chi connectivity index (χ4v) is 1.43. The standard InChI is InChI=1S/C11H11NO/c1-2-11(13)9-3-4-10-8(7-9)5-6-12-10/h3-7,12H,2H2,1H3. The third-order valence-electron chi connectivity index (χ3n) is 2.20. The molecule has 0 fully saturated rings. The van der Waals surface area contributed by atoms with Crippen molar-refractivity contribution >= 4 is 16.7 Å². The van der Waals surface area contributed by atoms with Crippen molar-refractivity contribution < 1.29 is 4.79 Å². The van der Waals surface area contributed by atoms with Gasteiger partial charge in [-0.15, -0.1) is 0 Å². The number of hydrogen-bond donors (Lipinski definition) is 1. The van der Waals surface area contributed by atoms with E-state index in [2.05, 4.69) is 4.98 Å². The lowest BCUT2D eigenvalue weighted by Crippen LogP contribution is -1.95. The highest BCUT2D eigenvalue weighted by atomic mass is 16.1. The predicted molar refractivity (Wildman–Crippen MR) is 52.9 cm³/mol. The molecule has 13 heavy (non-hydrogen) atoms. The summed E-state index contributed by atoms with van der Waals surface area (Å²) < 4.78 is 0. The fourth-order valence-electron chi connectivity index (χ4n) is 1.43. The van der Waals surface area contributed by atoms with Crippen molar-refractivity contribution in [2.45, 2.75) is 13.3 Å². The van der Waals surface area contributed by atoms with Crippen molar-refractivity contribution in [1.29, 1.82) is 0 Å². The summed E-state index contributed by atoms with van der Waals surface area (Å²) in [5.41, 5.74) is 1.88. The molecule has 66 valence electrons. The van der Waals surface area contributed by atoms with Gasteiger partial charge in [-0.3, -0.25) is 4.79 Å². The summed E-state index contributed by atoms with van der Waals surface area (Å²) in [7, 11) is 0. The first-order chi connectivity index (χ1) is 6.31. The summed E-state index contributed by atoms with van der Waals surface area (Å²) in [4.78, 5) is 14.5. The molecule has 1 aromatic carbocycles. The highest BCUT2D eigenvalue weighted by Crippen LogP contribution is 2.15. The Morgan fingerprint density at radius 2 is 2.23 bits per heavy atom. The molecule has 2 rings (SSSR count). The zero-order chi connectivity index (χ0) is 9.26. The molecule has 0 atom stereocenters. The number of hydrogen-bond acceptors (Lipinski definition) is 1. The van der Waals surface area contributed by atoms with E-state index < -0.39 is 0 Å². The van der Waals surface area contributed by atoms with Gasteiger partial charge in [0.15, 0.2) is 5.78 Å². The second kappa shape index (κ2) is 3.05. The molecule has 0 saturated carbocycles. The average molecular weight is 173 g/mol. The molecule has 1 N–H and O–H groups in total. The van der Waals surface area contributed by atoms with Crippen LogP contribution in [0.1, 0.15) is 23.7 Å². The normalized spacial score (nSPS) is 10.5. The Morgan fingerprint density at radius 3 is 3.00 bits per heavy atom. The Hall–Kier alpha value is -1.57. The van der Waals surface area contributed by atoms with E-state index in [9.17, 15) is 4.79 Å². The van der Waals surface area contributed by atoms with E-state index in [-0.39, 0.29) is 5.78 Å². The van der Waals surface area contributed by atoms with Crippen LogP contribution in [0.3, 0.4) is 0 Å². The summed E-state index contributed by atoms with van der Waals surface area (Å²) in [5.74, 6) is 0.197. The van der Waals surface area contributed by atoms with Crippen molar-refractivity contribution in [2.75, 3.05) is 0 Å².